The fraction of sp³-hybridized carbons (Fsp3) is 0.500. The number of aromatic nitrogens is 3. The van der Waals surface area contributed by atoms with Crippen molar-refractivity contribution in [1.82, 2.24) is 20.1 Å². The molecule has 2 aromatic heterocycles. The van der Waals surface area contributed by atoms with Crippen LogP contribution in [0.25, 0.3) is 0 Å². The first-order valence-corrected chi connectivity index (χ1v) is 7.87. The number of aryl methyl sites for hydroxylation is 2. The van der Waals surface area contributed by atoms with E-state index in [-0.39, 0.29) is 0 Å². The number of likely N-dealkylation sites (N-methyl/N-ethyl adjacent to an activating group) is 1. The molecule has 0 aliphatic carbocycles. The Bertz CT molecular complexity index is 565. The Morgan fingerprint density at radius 3 is 2.52 bits per heavy atom. The molecule has 0 aromatic carbocycles. The van der Waals surface area contributed by atoms with Crippen molar-refractivity contribution in [3.8, 4) is 0 Å². The molecule has 0 amide bonds. The van der Waals surface area contributed by atoms with Crippen LogP contribution in [-0.4, -0.2) is 27.9 Å². The molecule has 4 nitrogen and oxygen atoms in total. The van der Waals surface area contributed by atoms with E-state index in [0.29, 0.717) is 6.04 Å². The molecule has 0 fully saturated rings. The van der Waals surface area contributed by atoms with E-state index in [1.165, 1.54) is 5.56 Å². The molecule has 0 radical (unpaired) electrons. The number of nitrogens with zero attached hydrogens (tertiary/aromatic N) is 3. The third kappa shape index (κ3) is 3.83. The van der Waals surface area contributed by atoms with Crippen LogP contribution in [0.5, 0.6) is 0 Å². The molecule has 0 saturated carbocycles. The molecular weight excluding hydrogens is 284 g/mol. The van der Waals surface area contributed by atoms with Crippen molar-refractivity contribution in [2.45, 2.75) is 45.7 Å². The summed E-state index contributed by atoms with van der Waals surface area (Å²) in [5, 5.41) is 8.80. The summed E-state index contributed by atoms with van der Waals surface area (Å²) in [7, 11) is 1.99. The topological polar surface area (TPSA) is 42.7 Å². The fourth-order valence-electron chi connectivity index (χ4n) is 2.53. The second kappa shape index (κ2) is 7.57. The van der Waals surface area contributed by atoms with Gasteiger partial charge >= 0.3 is 0 Å². The molecule has 114 valence electrons. The van der Waals surface area contributed by atoms with Gasteiger partial charge in [-0.05, 0) is 44.5 Å². The molecule has 2 heterocycles. The molecule has 1 N–H and O–H groups in total. The second-order valence-electron chi connectivity index (χ2n) is 5.13. The van der Waals surface area contributed by atoms with Gasteiger partial charge < -0.3 is 5.32 Å². The first kappa shape index (κ1) is 16.0. The van der Waals surface area contributed by atoms with Gasteiger partial charge in [0.2, 0.25) is 0 Å². The number of pyridine rings is 1. The maximum atomic E-state index is 6.49. The molecule has 2 rings (SSSR count). The number of hydrogen-bond donors (Lipinski definition) is 1. The Morgan fingerprint density at radius 2 is 1.95 bits per heavy atom. The number of nitrogens with one attached hydrogen (secondary N) is 1. The lowest BCUT2D eigenvalue weighted by molar-refractivity contribution is 0.519. The van der Waals surface area contributed by atoms with Crippen molar-refractivity contribution in [1.29, 1.82) is 0 Å². The highest BCUT2D eigenvalue weighted by Gasteiger charge is 2.18. The minimum Gasteiger partial charge on any atom is -0.316 e. The van der Waals surface area contributed by atoms with Crippen LogP contribution in [0.4, 0.5) is 0 Å². The molecule has 0 saturated heterocycles. The van der Waals surface area contributed by atoms with Gasteiger partial charge in [-0.1, -0.05) is 18.5 Å². The molecule has 0 aliphatic heterocycles. The normalized spacial score (nSPS) is 12.6. The molecule has 0 spiro atoms. The highest BCUT2D eigenvalue weighted by molar-refractivity contribution is 6.31. The molecule has 1 atom stereocenters. The van der Waals surface area contributed by atoms with Crippen LogP contribution in [0.1, 0.15) is 30.8 Å². The van der Waals surface area contributed by atoms with E-state index in [1.807, 2.05) is 24.1 Å². The van der Waals surface area contributed by atoms with Crippen molar-refractivity contribution in [2.75, 3.05) is 7.05 Å². The third-order valence-corrected chi connectivity index (χ3v) is 4.21. The van der Waals surface area contributed by atoms with Crippen molar-refractivity contribution >= 4 is 11.6 Å². The minimum atomic E-state index is 0.330. The van der Waals surface area contributed by atoms with E-state index in [2.05, 4.69) is 41.4 Å². The molecule has 2 aromatic rings. The van der Waals surface area contributed by atoms with Crippen LogP contribution in [0.15, 0.2) is 24.5 Å². The van der Waals surface area contributed by atoms with Crippen LogP contribution >= 0.6 is 11.6 Å². The van der Waals surface area contributed by atoms with Gasteiger partial charge in [0.1, 0.15) is 0 Å². The Hall–Kier alpha value is -1.39. The largest absolute Gasteiger partial charge is 0.316 e. The maximum absolute atomic E-state index is 6.49. The molecule has 1 unspecified atom stereocenters. The van der Waals surface area contributed by atoms with E-state index >= 15 is 0 Å². The van der Waals surface area contributed by atoms with Gasteiger partial charge in [-0.25, -0.2) is 0 Å². The smallest absolute Gasteiger partial charge is 0.0850 e. The molecule has 0 bridgehead atoms. The Morgan fingerprint density at radius 1 is 1.24 bits per heavy atom. The lowest BCUT2D eigenvalue weighted by Gasteiger charge is -2.17. The average Bonchev–Trinajstić information content (AvgIpc) is 2.83. The van der Waals surface area contributed by atoms with Gasteiger partial charge in [-0.15, -0.1) is 0 Å². The zero-order valence-corrected chi connectivity index (χ0v) is 13.7. The Balaban J connectivity index is 2.16. The van der Waals surface area contributed by atoms with Crippen LogP contribution in [0, 0.1) is 0 Å². The SMILES string of the molecule is CCc1nn(CC)c(CC(Cc2ccncc2)NC)c1Cl. The predicted molar refractivity (Wildman–Crippen MR) is 86.8 cm³/mol. The van der Waals surface area contributed by atoms with Crippen LogP contribution in [-0.2, 0) is 25.8 Å². The monoisotopic (exact) mass is 306 g/mol. The van der Waals surface area contributed by atoms with Crippen LogP contribution in [0.2, 0.25) is 5.02 Å². The van der Waals surface area contributed by atoms with Crippen molar-refractivity contribution in [3.05, 3.63) is 46.5 Å². The lowest BCUT2D eigenvalue weighted by atomic mass is 10.0. The summed E-state index contributed by atoms with van der Waals surface area (Å²) in [6, 6.07) is 4.44. The van der Waals surface area contributed by atoms with Gasteiger partial charge in [0.05, 0.1) is 16.4 Å². The highest BCUT2D eigenvalue weighted by atomic mass is 35.5. The van der Waals surface area contributed by atoms with Crippen LogP contribution < -0.4 is 5.32 Å². The van der Waals surface area contributed by atoms with Gasteiger partial charge in [0.25, 0.3) is 0 Å². The van der Waals surface area contributed by atoms with E-state index in [4.69, 9.17) is 11.6 Å². The van der Waals surface area contributed by atoms with E-state index in [9.17, 15) is 0 Å². The molecule has 5 heteroatoms. The fourth-order valence-corrected chi connectivity index (χ4v) is 2.87. The van der Waals surface area contributed by atoms with Crippen molar-refractivity contribution in [3.63, 3.8) is 0 Å². The van der Waals surface area contributed by atoms with Gasteiger partial charge in [-0.2, -0.15) is 5.10 Å². The molecular formula is C16H23ClN4. The summed E-state index contributed by atoms with van der Waals surface area (Å²) in [5.41, 5.74) is 3.40. The summed E-state index contributed by atoms with van der Waals surface area (Å²) in [6.07, 6.45) is 6.36. The minimum absolute atomic E-state index is 0.330. The first-order chi connectivity index (χ1) is 10.2. The molecule has 21 heavy (non-hydrogen) atoms. The highest BCUT2D eigenvalue weighted by Crippen LogP contribution is 2.23. The Labute approximate surface area is 131 Å². The van der Waals surface area contributed by atoms with E-state index in [0.717, 1.165) is 42.2 Å². The Kier molecular flexibility index (Phi) is 5.76. The third-order valence-electron chi connectivity index (χ3n) is 3.77. The standard InChI is InChI=1S/C16H23ClN4/c1-4-14-16(17)15(21(5-2)20-14)11-13(18-3)10-12-6-8-19-9-7-12/h6-9,13,18H,4-5,10-11H2,1-3H3. The van der Waals surface area contributed by atoms with Crippen LogP contribution in [0.3, 0.4) is 0 Å². The summed E-state index contributed by atoms with van der Waals surface area (Å²) in [4.78, 5) is 4.06. The van der Waals surface area contributed by atoms with E-state index in [1.54, 1.807) is 0 Å². The summed E-state index contributed by atoms with van der Waals surface area (Å²) in [5.74, 6) is 0. The lowest BCUT2D eigenvalue weighted by Crippen LogP contribution is -2.31. The number of halogens is 1. The quantitative estimate of drug-likeness (QED) is 0.855. The van der Waals surface area contributed by atoms with Gasteiger partial charge in [0.15, 0.2) is 0 Å². The summed E-state index contributed by atoms with van der Waals surface area (Å²) in [6.45, 7) is 5.04. The van der Waals surface area contributed by atoms with Gasteiger partial charge in [-0.3, -0.25) is 9.67 Å². The summed E-state index contributed by atoms with van der Waals surface area (Å²) < 4.78 is 2.03. The van der Waals surface area contributed by atoms with Gasteiger partial charge in [0, 0.05) is 31.4 Å². The van der Waals surface area contributed by atoms with Crippen molar-refractivity contribution < 1.29 is 0 Å². The summed E-state index contributed by atoms with van der Waals surface area (Å²) >= 11 is 6.49. The zero-order chi connectivity index (χ0) is 15.2. The predicted octanol–water partition coefficient (Wildman–Crippen LogP) is 2.89. The number of rotatable bonds is 7. The van der Waals surface area contributed by atoms with Crippen molar-refractivity contribution in [2.24, 2.45) is 0 Å². The molecule has 0 aliphatic rings. The second-order valence-corrected chi connectivity index (χ2v) is 5.50. The average molecular weight is 307 g/mol. The zero-order valence-electron chi connectivity index (χ0n) is 12.9. The van der Waals surface area contributed by atoms with E-state index < -0.39 is 0 Å². The first-order valence-electron chi connectivity index (χ1n) is 7.49. The number of hydrogen-bond acceptors (Lipinski definition) is 3. The maximum Gasteiger partial charge on any atom is 0.0850 e.